The Balaban J connectivity index is 3.25. The van der Waals surface area contributed by atoms with Crippen LogP contribution >= 0.6 is 22.6 Å². The highest BCUT2D eigenvalue weighted by Crippen LogP contribution is 2.31. The highest BCUT2D eigenvalue weighted by Gasteiger charge is 2.10. The quantitative estimate of drug-likeness (QED) is 0.799. The molecule has 0 heterocycles. The molecular weight excluding hydrogens is 286 g/mol. The van der Waals surface area contributed by atoms with Crippen LogP contribution in [0.5, 0.6) is 11.5 Å². The zero-order chi connectivity index (χ0) is 9.84. The van der Waals surface area contributed by atoms with Crippen LogP contribution in [0.3, 0.4) is 0 Å². The van der Waals surface area contributed by atoms with Crippen molar-refractivity contribution in [2.24, 2.45) is 0 Å². The van der Waals surface area contributed by atoms with Crippen molar-refractivity contribution in [3.8, 4) is 11.5 Å². The Morgan fingerprint density at radius 3 is 2.00 bits per heavy atom. The van der Waals surface area contributed by atoms with Gasteiger partial charge in [0.25, 0.3) is 0 Å². The molecule has 2 nitrogen and oxygen atoms in total. The smallest absolute Gasteiger partial charge is 0.129 e. The van der Waals surface area contributed by atoms with Crippen molar-refractivity contribution in [1.82, 2.24) is 0 Å². The fraction of sp³-hybridized carbons (Fsp3) is 0.333. The van der Waals surface area contributed by atoms with E-state index < -0.39 is 6.67 Å². The van der Waals surface area contributed by atoms with Crippen LogP contribution in [0.1, 0.15) is 5.56 Å². The SMILES string of the molecule is COc1cc(I)cc(OC)c1CF. The second-order valence-electron chi connectivity index (χ2n) is 2.42. The third-order valence-electron chi connectivity index (χ3n) is 1.71. The van der Waals surface area contributed by atoms with Crippen LogP contribution in [0.15, 0.2) is 12.1 Å². The zero-order valence-electron chi connectivity index (χ0n) is 7.43. The molecule has 0 unspecified atom stereocenters. The van der Waals surface area contributed by atoms with Gasteiger partial charge in [0.2, 0.25) is 0 Å². The van der Waals surface area contributed by atoms with E-state index in [9.17, 15) is 4.39 Å². The number of rotatable bonds is 3. The Morgan fingerprint density at radius 2 is 1.69 bits per heavy atom. The van der Waals surface area contributed by atoms with E-state index in [0.717, 1.165) is 3.57 Å². The van der Waals surface area contributed by atoms with Crippen LogP contribution in [-0.4, -0.2) is 14.2 Å². The largest absolute Gasteiger partial charge is 0.496 e. The average Bonchev–Trinajstić information content (AvgIpc) is 2.16. The minimum atomic E-state index is -0.580. The molecule has 0 spiro atoms. The molecule has 13 heavy (non-hydrogen) atoms. The number of hydrogen-bond donors (Lipinski definition) is 0. The van der Waals surface area contributed by atoms with Crippen LogP contribution in [0.4, 0.5) is 4.39 Å². The fourth-order valence-electron chi connectivity index (χ4n) is 1.08. The minimum Gasteiger partial charge on any atom is -0.496 e. The van der Waals surface area contributed by atoms with Crippen molar-refractivity contribution in [3.63, 3.8) is 0 Å². The number of hydrogen-bond acceptors (Lipinski definition) is 2. The molecule has 0 atom stereocenters. The van der Waals surface area contributed by atoms with Gasteiger partial charge in [0.15, 0.2) is 0 Å². The summed E-state index contributed by atoms with van der Waals surface area (Å²) in [6.07, 6.45) is 0. The lowest BCUT2D eigenvalue weighted by Crippen LogP contribution is -1.95. The topological polar surface area (TPSA) is 18.5 Å². The van der Waals surface area contributed by atoms with Gasteiger partial charge in [0.1, 0.15) is 18.2 Å². The molecule has 4 heteroatoms. The van der Waals surface area contributed by atoms with Gasteiger partial charge in [-0.2, -0.15) is 0 Å². The van der Waals surface area contributed by atoms with Crippen molar-refractivity contribution >= 4 is 22.6 Å². The van der Waals surface area contributed by atoms with E-state index in [1.165, 1.54) is 14.2 Å². The Morgan fingerprint density at radius 1 is 1.23 bits per heavy atom. The molecule has 0 N–H and O–H groups in total. The Kier molecular flexibility index (Phi) is 3.77. The van der Waals surface area contributed by atoms with Crippen molar-refractivity contribution < 1.29 is 13.9 Å². The molecule has 0 bridgehead atoms. The monoisotopic (exact) mass is 296 g/mol. The molecular formula is C9H10FIO2. The van der Waals surface area contributed by atoms with Crippen LogP contribution in [-0.2, 0) is 6.67 Å². The molecule has 0 aliphatic heterocycles. The van der Waals surface area contributed by atoms with E-state index >= 15 is 0 Å². The lowest BCUT2D eigenvalue weighted by atomic mass is 10.2. The summed E-state index contributed by atoms with van der Waals surface area (Å²) in [5, 5.41) is 0. The minimum absolute atomic E-state index is 0.463. The number of methoxy groups -OCH3 is 2. The van der Waals surface area contributed by atoms with Gasteiger partial charge < -0.3 is 9.47 Å². The predicted molar refractivity (Wildman–Crippen MR) is 57.1 cm³/mol. The maximum Gasteiger partial charge on any atom is 0.129 e. The van der Waals surface area contributed by atoms with Crippen LogP contribution in [0, 0.1) is 3.57 Å². The molecule has 1 aromatic carbocycles. The first-order valence-electron chi connectivity index (χ1n) is 3.69. The van der Waals surface area contributed by atoms with E-state index in [1.807, 2.05) is 0 Å². The molecule has 1 rings (SSSR count). The standard InChI is InChI=1S/C9H10FIO2/c1-12-8-3-6(11)4-9(13-2)7(8)5-10/h3-4H,5H2,1-2H3. The lowest BCUT2D eigenvalue weighted by Gasteiger charge is -2.10. The summed E-state index contributed by atoms with van der Waals surface area (Å²) in [5.74, 6) is 1.07. The van der Waals surface area contributed by atoms with E-state index in [1.54, 1.807) is 12.1 Å². The van der Waals surface area contributed by atoms with Crippen molar-refractivity contribution in [3.05, 3.63) is 21.3 Å². The second kappa shape index (κ2) is 4.64. The number of alkyl halides is 1. The molecule has 72 valence electrons. The Bertz CT molecular complexity index is 277. The highest BCUT2D eigenvalue weighted by molar-refractivity contribution is 14.1. The maximum absolute atomic E-state index is 12.6. The van der Waals surface area contributed by atoms with Crippen LogP contribution in [0.25, 0.3) is 0 Å². The molecule has 0 aliphatic rings. The van der Waals surface area contributed by atoms with Gasteiger partial charge in [-0.3, -0.25) is 0 Å². The molecule has 1 aromatic rings. The van der Waals surface area contributed by atoms with Crippen LogP contribution in [0.2, 0.25) is 0 Å². The van der Waals surface area contributed by atoms with Crippen molar-refractivity contribution in [2.75, 3.05) is 14.2 Å². The van der Waals surface area contributed by atoms with Gasteiger partial charge >= 0.3 is 0 Å². The number of benzene rings is 1. The molecule has 0 aromatic heterocycles. The molecule has 0 saturated carbocycles. The normalized spacial score (nSPS) is 9.85. The summed E-state index contributed by atoms with van der Waals surface area (Å²) in [6.45, 7) is -0.580. The fourth-order valence-corrected chi connectivity index (χ4v) is 1.65. The molecule has 0 saturated heterocycles. The van der Waals surface area contributed by atoms with E-state index in [0.29, 0.717) is 17.1 Å². The van der Waals surface area contributed by atoms with Gasteiger partial charge in [-0.1, -0.05) is 0 Å². The summed E-state index contributed by atoms with van der Waals surface area (Å²) in [5.41, 5.74) is 0.463. The molecule has 0 amide bonds. The number of ether oxygens (including phenoxy) is 2. The van der Waals surface area contributed by atoms with Gasteiger partial charge in [0, 0.05) is 3.57 Å². The van der Waals surface area contributed by atoms with Crippen molar-refractivity contribution in [1.29, 1.82) is 0 Å². The van der Waals surface area contributed by atoms with Gasteiger partial charge in [-0.15, -0.1) is 0 Å². The van der Waals surface area contributed by atoms with E-state index in [-0.39, 0.29) is 0 Å². The molecule has 0 aliphatic carbocycles. The van der Waals surface area contributed by atoms with Gasteiger partial charge in [-0.25, -0.2) is 4.39 Å². The lowest BCUT2D eigenvalue weighted by molar-refractivity contribution is 0.365. The predicted octanol–water partition coefficient (Wildman–Crippen LogP) is 2.78. The zero-order valence-corrected chi connectivity index (χ0v) is 9.59. The summed E-state index contributed by atoms with van der Waals surface area (Å²) in [7, 11) is 3.04. The van der Waals surface area contributed by atoms with E-state index in [2.05, 4.69) is 22.6 Å². The summed E-state index contributed by atoms with van der Waals surface area (Å²) < 4.78 is 23.6. The third-order valence-corrected chi connectivity index (χ3v) is 2.33. The van der Waals surface area contributed by atoms with Crippen LogP contribution < -0.4 is 9.47 Å². The Labute approximate surface area is 90.2 Å². The summed E-state index contributed by atoms with van der Waals surface area (Å²) in [4.78, 5) is 0. The first-order valence-corrected chi connectivity index (χ1v) is 4.77. The second-order valence-corrected chi connectivity index (χ2v) is 3.67. The third kappa shape index (κ3) is 2.24. The van der Waals surface area contributed by atoms with Gasteiger partial charge in [-0.05, 0) is 34.7 Å². The van der Waals surface area contributed by atoms with Crippen molar-refractivity contribution in [2.45, 2.75) is 6.67 Å². The molecule has 0 fully saturated rings. The Hall–Kier alpha value is -0.520. The van der Waals surface area contributed by atoms with E-state index in [4.69, 9.17) is 9.47 Å². The number of halogens is 2. The first kappa shape index (κ1) is 10.6. The average molecular weight is 296 g/mol. The molecule has 0 radical (unpaired) electrons. The van der Waals surface area contributed by atoms with Gasteiger partial charge in [0.05, 0.1) is 19.8 Å². The maximum atomic E-state index is 12.6. The summed E-state index contributed by atoms with van der Waals surface area (Å²) in [6, 6.07) is 3.55. The first-order chi connectivity index (χ1) is 6.22. The highest BCUT2D eigenvalue weighted by atomic mass is 127. The summed E-state index contributed by atoms with van der Waals surface area (Å²) >= 11 is 2.13.